The number of carboxylic acids is 1. The fraction of sp³-hybridized carbons (Fsp3) is 0.263. The predicted molar refractivity (Wildman–Crippen MR) is 105 cm³/mol. The average Bonchev–Trinajstić information content (AvgIpc) is 3.06. The summed E-state index contributed by atoms with van der Waals surface area (Å²) in [7, 11) is 0. The Hall–Kier alpha value is -3.40. The molecule has 0 spiro atoms. The molecule has 2 aromatic heterocycles. The number of carbonyl (C=O) groups is 2. The number of rotatable bonds is 5. The molecule has 3 aromatic rings. The lowest BCUT2D eigenvalue weighted by atomic mass is 10.2. The Kier molecular flexibility index (Phi) is 4.93. The lowest BCUT2D eigenvalue weighted by Crippen LogP contribution is -2.42. The van der Waals surface area contributed by atoms with Gasteiger partial charge in [-0.25, -0.2) is 9.78 Å². The second kappa shape index (κ2) is 7.55. The molecule has 10 heteroatoms. The fourth-order valence-electron chi connectivity index (χ4n) is 3.08. The molecule has 3 heterocycles. The summed E-state index contributed by atoms with van der Waals surface area (Å²) in [6, 6.07) is 7.28. The summed E-state index contributed by atoms with van der Waals surface area (Å²) in [6.07, 6.45) is 0.908. The van der Waals surface area contributed by atoms with Crippen molar-refractivity contribution in [2.75, 3.05) is 13.2 Å². The standard InChI is InChI=1S/C19H17N3O6S/c1-10-15-17(29-16(10)19(25)26)21-9-22(18(15)24)7-14(23)20-6-11-8-27-12-4-2-3-5-13(12)28-11/h2-5,9,11H,6-8H2,1H3,(H,20,23)(H,25,26). The van der Waals surface area contributed by atoms with Crippen LogP contribution in [0.2, 0.25) is 0 Å². The number of fused-ring (bicyclic) bond motifs is 2. The maximum absolute atomic E-state index is 12.7. The first-order valence-corrected chi connectivity index (χ1v) is 9.62. The Labute approximate surface area is 168 Å². The topological polar surface area (TPSA) is 120 Å². The van der Waals surface area contributed by atoms with Gasteiger partial charge in [0.25, 0.3) is 5.56 Å². The summed E-state index contributed by atoms with van der Waals surface area (Å²) in [5.41, 5.74) is -0.0891. The molecule has 0 saturated carbocycles. The van der Waals surface area contributed by atoms with Crippen LogP contribution < -0.4 is 20.3 Å². The molecule has 0 aliphatic carbocycles. The molecule has 1 amide bonds. The molecule has 0 saturated heterocycles. The van der Waals surface area contributed by atoms with Gasteiger partial charge in [-0.2, -0.15) is 0 Å². The number of thiophene rings is 1. The van der Waals surface area contributed by atoms with Crippen molar-refractivity contribution in [2.24, 2.45) is 0 Å². The van der Waals surface area contributed by atoms with E-state index >= 15 is 0 Å². The molecule has 1 atom stereocenters. The molecule has 1 aliphatic rings. The SMILES string of the molecule is Cc1c(C(=O)O)sc2ncn(CC(=O)NCC3COc4ccccc4O3)c(=O)c12. The Balaban J connectivity index is 1.43. The van der Waals surface area contributed by atoms with Crippen LogP contribution >= 0.6 is 11.3 Å². The normalized spacial score (nSPS) is 15.3. The number of carboxylic acid groups (broad SMARTS) is 1. The van der Waals surface area contributed by atoms with Gasteiger partial charge in [0.05, 0.1) is 18.3 Å². The number of aromatic carboxylic acids is 1. The molecular weight excluding hydrogens is 398 g/mol. The first-order valence-electron chi connectivity index (χ1n) is 8.81. The molecule has 4 rings (SSSR count). The molecule has 0 fully saturated rings. The predicted octanol–water partition coefficient (Wildman–Crippen LogP) is 1.42. The zero-order chi connectivity index (χ0) is 20.5. The second-order valence-corrected chi connectivity index (χ2v) is 7.52. The van der Waals surface area contributed by atoms with Gasteiger partial charge in [0.1, 0.15) is 29.0 Å². The molecule has 0 radical (unpaired) electrons. The maximum atomic E-state index is 12.7. The van der Waals surface area contributed by atoms with E-state index < -0.39 is 11.5 Å². The van der Waals surface area contributed by atoms with Crippen molar-refractivity contribution in [3.8, 4) is 11.5 Å². The molecule has 150 valence electrons. The van der Waals surface area contributed by atoms with E-state index in [2.05, 4.69) is 10.3 Å². The summed E-state index contributed by atoms with van der Waals surface area (Å²) in [5, 5.41) is 12.2. The minimum absolute atomic E-state index is 0.0709. The Morgan fingerprint density at radius 1 is 1.34 bits per heavy atom. The lowest BCUT2D eigenvalue weighted by Gasteiger charge is -2.26. The number of nitrogens with one attached hydrogen (secondary N) is 1. The Bertz CT molecular complexity index is 1170. The highest BCUT2D eigenvalue weighted by molar-refractivity contribution is 7.20. The van der Waals surface area contributed by atoms with E-state index in [1.807, 2.05) is 18.2 Å². The summed E-state index contributed by atoms with van der Waals surface area (Å²) in [4.78, 5) is 40.8. The van der Waals surface area contributed by atoms with Gasteiger partial charge in [0.15, 0.2) is 11.5 Å². The molecule has 29 heavy (non-hydrogen) atoms. The summed E-state index contributed by atoms with van der Waals surface area (Å²) >= 11 is 0.942. The van der Waals surface area contributed by atoms with E-state index in [9.17, 15) is 19.5 Å². The smallest absolute Gasteiger partial charge is 0.346 e. The molecule has 2 N–H and O–H groups in total. The fourth-order valence-corrected chi connectivity index (χ4v) is 4.06. The third-order valence-corrected chi connectivity index (χ3v) is 5.71. The number of carbonyl (C=O) groups excluding carboxylic acids is 1. The summed E-state index contributed by atoms with van der Waals surface area (Å²) in [6.45, 7) is 1.85. The number of hydrogen-bond donors (Lipinski definition) is 2. The zero-order valence-electron chi connectivity index (χ0n) is 15.4. The molecule has 0 bridgehead atoms. The zero-order valence-corrected chi connectivity index (χ0v) is 16.2. The quantitative estimate of drug-likeness (QED) is 0.647. The maximum Gasteiger partial charge on any atom is 0.346 e. The second-order valence-electron chi connectivity index (χ2n) is 6.52. The third-order valence-electron chi connectivity index (χ3n) is 4.52. The van der Waals surface area contributed by atoms with E-state index in [4.69, 9.17) is 9.47 Å². The van der Waals surface area contributed by atoms with Crippen LogP contribution in [-0.2, 0) is 11.3 Å². The van der Waals surface area contributed by atoms with Gasteiger partial charge >= 0.3 is 5.97 Å². The first-order chi connectivity index (χ1) is 13.9. The van der Waals surface area contributed by atoms with Gasteiger partial charge in [0, 0.05) is 0 Å². The van der Waals surface area contributed by atoms with Crippen LogP contribution in [-0.4, -0.2) is 45.8 Å². The van der Waals surface area contributed by atoms with Gasteiger partial charge in [-0.3, -0.25) is 14.2 Å². The van der Waals surface area contributed by atoms with Crippen LogP contribution in [0.4, 0.5) is 0 Å². The van der Waals surface area contributed by atoms with Crippen molar-refractivity contribution < 1.29 is 24.2 Å². The van der Waals surface area contributed by atoms with Crippen molar-refractivity contribution >= 4 is 33.4 Å². The third kappa shape index (κ3) is 3.66. The van der Waals surface area contributed by atoms with Crippen LogP contribution in [0.15, 0.2) is 35.4 Å². The largest absolute Gasteiger partial charge is 0.486 e. The molecule has 1 unspecified atom stereocenters. The molecule has 1 aromatic carbocycles. The van der Waals surface area contributed by atoms with Gasteiger partial charge < -0.3 is 19.9 Å². The average molecular weight is 415 g/mol. The number of aryl methyl sites for hydroxylation is 1. The minimum atomic E-state index is -1.11. The van der Waals surface area contributed by atoms with E-state index in [0.29, 0.717) is 28.5 Å². The van der Waals surface area contributed by atoms with Crippen molar-refractivity contribution in [1.82, 2.24) is 14.9 Å². The highest BCUT2D eigenvalue weighted by Crippen LogP contribution is 2.30. The molecule has 1 aliphatic heterocycles. The van der Waals surface area contributed by atoms with Crippen molar-refractivity contribution in [3.63, 3.8) is 0 Å². The number of para-hydroxylation sites is 2. The lowest BCUT2D eigenvalue weighted by molar-refractivity contribution is -0.122. The number of hydrogen-bond acceptors (Lipinski definition) is 7. The number of nitrogens with zero attached hydrogens (tertiary/aromatic N) is 2. The number of aromatic nitrogens is 2. The highest BCUT2D eigenvalue weighted by atomic mass is 32.1. The Morgan fingerprint density at radius 2 is 2.10 bits per heavy atom. The number of amides is 1. The highest BCUT2D eigenvalue weighted by Gasteiger charge is 2.22. The van der Waals surface area contributed by atoms with Gasteiger partial charge in [-0.15, -0.1) is 11.3 Å². The van der Waals surface area contributed by atoms with Crippen molar-refractivity contribution in [3.05, 3.63) is 51.4 Å². The van der Waals surface area contributed by atoms with Gasteiger partial charge in [0.2, 0.25) is 5.91 Å². The van der Waals surface area contributed by atoms with Crippen LogP contribution in [0.1, 0.15) is 15.2 Å². The van der Waals surface area contributed by atoms with E-state index in [1.165, 1.54) is 6.33 Å². The minimum Gasteiger partial charge on any atom is -0.486 e. The summed E-state index contributed by atoms with van der Waals surface area (Å²) in [5.74, 6) is -0.216. The monoisotopic (exact) mass is 415 g/mol. The molecule has 9 nitrogen and oxygen atoms in total. The number of benzene rings is 1. The molecular formula is C19H17N3O6S. The van der Waals surface area contributed by atoms with Crippen molar-refractivity contribution in [2.45, 2.75) is 19.6 Å². The van der Waals surface area contributed by atoms with Crippen LogP contribution in [0.25, 0.3) is 10.2 Å². The Morgan fingerprint density at radius 3 is 2.86 bits per heavy atom. The van der Waals surface area contributed by atoms with E-state index in [0.717, 1.165) is 15.9 Å². The van der Waals surface area contributed by atoms with E-state index in [1.54, 1.807) is 13.0 Å². The van der Waals surface area contributed by atoms with E-state index in [-0.39, 0.29) is 35.4 Å². The van der Waals surface area contributed by atoms with Crippen LogP contribution in [0, 0.1) is 6.92 Å². The van der Waals surface area contributed by atoms with Gasteiger partial charge in [-0.1, -0.05) is 12.1 Å². The van der Waals surface area contributed by atoms with Crippen LogP contribution in [0.3, 0.4) is 0 Å². The van der Waals surface area contributed by atoms with Crippen molar-refractivity contribution in [1.29, 1.82) is 0 Å². The first kappa shape index (κ1) is 18.9. The van der Waals surface area contributed by atoms with Gasteiger partial charge in [-0.05, 0) is 24.6 Å². The van der Waals surface area contributed by atoms with Crippen LogP contribution in [0.5, 0.6) is 11.5 Å². The summed E-state index contributed by atoms with van der Waals surface area (Å²) < 4.78 is 12.5. The number of ether oxygens (including phenoxy) is 2.